The van der Waals surface area contributed by atoms with E-state index in [-0.39, 0.29) is 12.5 Å². The predicted octanol–water partition coefficient (Wildman–Crippen LogP) is 4.37. The van der Waals surface area contributed by atoms with Gasteiger partial charge in [-0.3, -0.25) is 14.5 Å². The molecule has 158 valence electrons. The van der Waals surface area contributed by atoms with Crippen LogP contribution in [0.25, 0.3) is 10.8 Å². The van der Waals surface area contributed by atoms with Crippen LogP contribution in [0.5, 0.6) is 0 Å². The van der Waals surface area contributed by atoms with Crippen molar-refractivity contribution < 1.29 is 14.4 Å². The van der Waals surface area contributed by atoms with Crippen molar-refractivity contribution in [3.63, 3.8) is 0 Å². The summed E-state index contributed by atoms with van der Waals surface area (Å²) in [4.78, 5) is 39.7. The molecule has 0 bridgehead atoms. The van der Waals surface area contributed by atoms with E-state index in [1.807, 2.05) is 80.6 Å². The Labute approximate surface area is 181 Å². The summed E-state index contributed by atoms with van der Waals surface area (Å²) < 4.78 is 0. The molecule has 6 nitrogen and oxygen atoms in total. The van der Waals surface area contributed by atoms with E-state index in [0.29, 0.717) is 11.3 Å². The molecule has 1 aliphatic rings. The van der Waals surface area contributed by atoms with Gasteiger partial charge < -0.3 is 10.6 Å². The van der Waals surface area contributed by atoms with Gasteiger partial charge in [0.25, 0.3) is 5.91 Å². The lowest BCUT2D eigenvalue weighted by Gasteiger charge is -2.24. The van der Waals surface area contributed by atoms with E-state index in [2.05, 4.69) is 10.6 Å². The number of carbonyl (C=O) groups is 3. The minimum absolute atomic E-state index is 0.225. The highest BCUT2D eigenvalue weighted by Gasteiger charge is 2.50. The Morgan fingerprint density at radius 1 is 1.00 bits per heavy atom. The Bertz CT molecular complexity index is 1180. The summed E-state index contributed by atoms with van der Waals surface area (Å²) in [5.41, 5.74) is 1.14. The third-order valence-corrected chi connectivity index (χ3v) is 5.76. The quantitative estimate of drug-likeness (QED) is 0.608. The van der Waals surface area contributed by atoms with Gasteiger partial charge in [-0.25, -0.2) is 4.79 Å². The van der Waals surface area contributed by atoms with Crippen molar-refractivity contribution in [3.05, 3.63) is 77.9 Å². The van der Waals surface area contributed by atoms with E-state index in [4.69, 9.17) is 0 Å². The molecule has 0 radical (unpaired) electrons. The molecule has 1 saturated heterocycles. The predicted molar refractivity (Wildman–Crippen MR) is 121 cm³/mol. The van der Waals surface area contributed by atoms with Gasteiger partial charge >= 0.3 is 6.03 Å². The summed E-state index contributed by atoms with van der Waals surface area (Å²) in [5.74, 6) is -0.636. The van der Waals surface area contributed by atoms with Gasteiger partial charge in [-0.1, -0.05) is 74.5 Å². The van der Waals surface area contributed by atoms with Crippen LogP contribution < -0.4 is 10.6 Å². The molecule has 0 aliphatic carbocycles. The monoisotopic (exact) mass is 415 g/mol. The third-order valence-electron chi connectivity index (χ3n) is 5.76. The Morgan fingerprint density at radius 3 is 2.45 bits per heavy atom. The van der Waals surface area contributed by atoms with Crippen LogP contribution in [-0.2, 0) is 15.1 Å². The molecule has 0 spiro atoms. The second-order valence-electron chi connectivity index (χ2n) is 8.26. The number of amides is 4. The number of para-hydroxylation sites is 1. The Hall–Kier alpha value is -3.67. The van der Waals surface area contributed by atoms with E-state index in [1.54, 1.807) is 6.92 Å². The fraction of sp³-hybridized carbons (Fsp3) is 0.240. The summed E-state index contributed by atoms with van der Waals surface area (Å²) in [6, 6.07) is 20.3. The summed E-state index contributed by atoms with van der Waals surface area (Å²) in [6.07, 6.45) is 0. The summed E-state index contributed by atoms with van der Waals surface area (Å²) >= 11 is 0. The maximum Gasteiger partial charge on any atom is 0.325 e. The van der Waals surface area contributed by atoms with Crippen LogP contribution in [0.3, 0.4) is 0 Å². The van der Waals surface area contributed by atoms with Gasteiger partial charge in [-0.2, -0.15) is 0 Å². The number of nitrogens with one attached hydrogen (secondary N) is 2. The van der Waals surface area contributed by atoms with E-state index in [9.17, 15) is 14.4 Å². The average Bonchev–Trinajstić information content (AvgIpc) is 2.97. The van der Waals surface area contributed by atoms with Gasteiger partial charge in [0, 0.05) is 5.69 Å². The standard InChI is InChI=1S/C25H25N3O3/c1-16(2)18-11-6-7-14-21(18)26-22(29)15-28-23(30)25(3,27-24(28)31)20-13-8-10-17-9-4-5-12-19(17)20/h4-14,16H,15H2,1-3H3,(H,26,29)(H,27,31)/t25-/m1/s1. The van der Waals surface area contributed by atoms with Gasteiger partial charge in [-0.15, -0.1) is 0 Å². The molecule has 3 aromatic carbocycles. The first-order chi connectivity index (χ1) is 14.8. The van der Waals surface area contributed by atoms with Gasteiger partial charge in [0.15, 0.2) is 0 Å². The minimum atomic E-state index is -1.24. The summed E-state index contributed by atoms with van der Waals surface area (Å²) in [6.45, 7) is 5.41. The fourth-order valence-corrected chi connectivity index (χ4v) is 4.13. The number of hydrogen-bond acceptors (Lipinski definition) is 3. The highest BCUT2D eigenvalue weighted by atomic mass is 16.2. The second kappa shape index (κ2) is 7.87. The average molecular weight is 415 g/mol. The molecule has 0 saturated carbocycles. The highest BCUT2D eigenvalue weighted by molar-refractivity contribution is 6.11. The second-order valence-corrected chi connectivity index (χ2v) is 8.26. The first-order valence-electron chi connectivity index (χ1n) is 10.3. The smallest absolute Gasteiger partial charge is 0.324 e. The fourth-order valence-electron chi connectivity index (χ4n) is 4.13. The number of imide groups is 1. The SMILES string of the molecule is CC(C)c1ccccc1NC(=O)CN1C(=O)N[C@](C)(c2cccc3ccccc23)C1=O. The molecule has 0 aromatic heterocycles. The van der Waals surface area contributed by atoms with E-state index in [1.165, 1.54) is 0 Å². The molecule has 3 aromatic rings. The topological polar surface area (TPSA) is 78.5 Å². The van der Waals surface area contributed by atoms with Crippen LogP contribution in [0.4, 0.5) is 10.5 Å². The van der Waals surface area contributed by atoms with Crippen LogP contribution in [0.15, 0.2) is 66.7 Å². The van der Waals surface area contributed by atoms with Crippen LogP contribution in [0.1, 0.15) is 37.8 Å². The number of urea groups is 1. The van der Waals surface area contributed by atoms with Crippen LogP contribution >= 0.6 is 0 Å². The van der Waals surface area contributed by atoms with Gasteiger partial charge in [-0.05, 0) is 40.8 Å². The third kappa shape index (κ3) is 3.65. The highest BCUT2D eigenvalue weighted by Crippen LogP contribution is 2.34. The molecule has 2 N–H and O–H groups in total. The number of fused-ring (bicyclic) bond motifs is 1. The van der Waals surface area contributed by atoms with Crippen molar-refractivity contribution in [2.24, 2.45) is 0 Å². The first kappa shape index (κ1) is 20.6. The van der Waals surface area contributed by atoms with Crippen molar-refractivity contribution >= 4 is 34.3 Å². The van der Waals surface area contributed by atoms with Crippen molar-refractivity contribution in [1.29, 1.82) is 0 Å². The van der Waals surface area contributed by atoms with E-state index < -0.39 is 23.4 Å². The number of benzene rings is 3. The zero-order valence-electron chi connectivity index (χ0n) is 17.8. The molecular formula is C25H25N3O3. The minimum Gasteiger partial charge on any atom is -0.324 e. The Kier molecular flexibility index (Phi) is 5.23. The molecule has 0 unspecified atom stereocenters. The molecule has 1 atom stereocenters. The van der Waals surface area contributed by atoms with E-state index in [0.717, 1.165) is 21.2 Å². The Morgan fingerprint density at radius 2 is 1.68 bits per heavy atom. The maximum atomic E-state index is 13.3. The van der Waals surface area contributed by atoms with Crippen molar-refractivity contribution in [1.82, 2.24) is 10.2 Å². The Balaban J connectivity index is 1.58. The lowest BCUT2D eigenvalue weighted by Crippen LogP contribution is -2.42. The zero-order valence-corrected chi connectivity index (χ0v) is 17.8. The number of anilines is 1. The molecule has 4 rings (SSSR count). The molecule has 1 fully saturated rings. The lowest BCUT2D eigenvalue weighted by molar-refractivity contribution is -0.133. The molecule has 31 heavy (non-hydrogen) atoms. The van der Waals surface area contributed by atoms with E-state index >= 15 is 0 Å². The van der Waals surface area contributed by atoms with Gasteiger partial charge in [0.2, 0.25) is 5.91 Å². The number of rotatable bonds is 5. The molecular weight excluding hydrogens is 390 g/mol. The van der Waals surface area contributed by atoms with Crippen molar-refractivity contribution in [2.45, 2.75) is 32.2 Å². The molecule has 1 aliphatic heterocycles. The van der Waals surface area contributed by atoms with Crippen LogP contribution in [-0.4, -0.2) is 29.3 Å². The zero-order chi connectivity index (χ0) is 22.2. The van der Waals surface area contributed by atoms with Crippen molar-refractivity contribution in [3.8, 4) is 0 Å². The lowest BCUT2D eigenvalue weighted by atomic mass is 9.88. The molecule has 1 heterocycles. The van der Waals surface area contributed by atoms with Crippen LogP contribution in [0, 0.1) is 0 Å². The number of hydrogen-bond donors (Lipinski definition) is 2. The molecule has 4 amide bonds. The van der Waals surface area contributed by atoms with Crippen molar-refractivity contribution in [2.75, 3.05) is 11.9 Å². The first-order valence-corrected chi connectivity index (χ1v) is 10.3. The number of nitrogens with zero attached hydrogens (tertiary/aromatic N) is 1. The molecule has 6 heteroatoms. The van der Waals surface area contributed by atoms with Crippen LogP contribution in [0.2, 0.25) is 0 Å². The maximum absolute atomic E-state index is 13.3. The number of carbonyl (C=O) groups excluding carboxylic acids is 3. The normalized spacial score (nSPS) is 18.5. The summed E-state index contributed by atoms with van der Waals surface area (Å²) in [5, 5.41) is 7.50. The summed E-state index contributed by atoms with van der Waals surface area (Å²) in [7, 11) is 0. The largest absolute Gasteiger partial charge is 0.325 e. The van der Waals surface area contributed by atoms with Gasteiger partial charge in [0.05, 0.1) is 0 Å². The van der Waals surface area contributed by atoms with Gasteiger partial charge in [0.1, 0.15) is 12.1 Å².